The summed E-state index contributed by atoms with van der Waals surface area (Å²) in [5, 5.41) is 15.1. The van der Waals surface area contributed by atoms with Gasteiger partial charge >= 0.3 is 0 Å². The van der Waals surface area contributed by atoms with Crippen LogP contribution < -0.4 is 15.4 Å². The predicted octanol–water partition coefficient (Wildman–Crippen LogP) is 1.14. The van der Waals surface area contributed by atoms with E-state index in [0.29, 0.717) is 18.8 Å². The fourth-order valence-electron chi connectivity index (χ4n) is 2.89. The molecule has 3 rings (SSSR count). The number of amides is 2. The maximum atomic E-state index is 12.3. The number of phenols is 1. The summed E-state index contributed by atoms with van der Waals surface area (Å²) in [4.78, 5) is 24.6. The van der Waals surface area contributed by atoms with E-state index in [9.17, 15) is 14.7 Å². The maximum Gasteiger partial charge on any atom is 0.245 e. The summed E-state index contributed by atoms with van der Waals surface area (Å²) >= 11 is 0. The van der Waals surface area contributed by atoms with Crippen molar-refractivity contribution in [3.05, 3.63) is 59.7 Å². The summed E-state index contributed by atoms with van der Waals surface area (Å²) < 4.78 is 10.6. The highest BCUT2D eigenvalue weighted by molar-refractivity contribution is 5.97. The van der Waals surface area contributed by atoms with E-state index in [0.717, 1.165) is 11.1 Å². The van der Waals surface area contributed by atoms with E-state index in [4.69, 9.17) is 9.47 Å². The Morgan fingerprint density at radius 1 is 0.963 bits per heavy atom. The molecule has 142 valence electrons. The van der Waals surface area contributed by atoms with Gasteiger partial charge in [-0.2, -0.15) is 0 Å². The van der Waals surface area contributed by atoms with Crippen molar-refractivity contribution in [1.29, 1.82) is 0 Å². The van der Waals surface area contributed by atoms with Crippen molar-refractivity contribution < 1.29 is 24.2 Å². The van der Waals surface area contributed by atoms with Crippen molar-refractivity contribution in [3.8, 4) is 11.5 Å². The van der Waals surface area contributed by atoms with E-state index in [2.05, 4.69) is 10.6 Å². The molecule has 0 saturated carbocycles. The van der Waals surface area contributed by atoms with Gasteiger partial charge in [-0.1, -0.05) is 36.4 Å². The number of benzene rings is 2. The van der Waals surface area contributed by atoms with Crippen LogP contribution in [0, 0.1) is 0 Å². The Hall–Kier alpha value is -3.06. The zero-order valence-electron chi connectivity index (χ0n) is 15.0. The standard InChI is InChI=1S/C20H22N2O5/c1-26-18-10-14(7-8-17(18)23)9-15-19(24)22-16(20(25)21-15)12-27-11-13-5-3-2-4-6-13/h2-8,10,15-16,23H,9,11-12H2,1H3,(H,21,25)(H,22,24)/t15?,16-/m0/s1. The summed E-state index contributed by atoms with van der Waals surface area (Å²) in [6.07, 6.45) is 0.297. The van der Waals surface area contributed by atoms with Crippen molar-refractivity contribution in [1.82, 2.24) is 10.6 Å². The van der Waals surface area contributed by atoms with Crippen LogP contribution in [0.3, 0.4) is 0 Å². The van der Waals surface area contributed by atoms with E-state index in [1.807, 2.05) is 30.3 Å². The Kier molecular flexibility index (Phi) is 5.93. The fraction of sp³-hybridized carbons (Fsp3) is 0.300. The van der Waals surface area contributed by atoms with Gasteiger partial charge in [-0.3, -0.25) is 9.59 Å². The molecule has 1 aliphatic rings. The molecule has 1 aliphatic heterocycles. The molecule has 7 heteroatoms. The molecule has 2 aromatic rings. The predicted molar refractivity (Wildman–Crippen MR) is 98.3 cm³/mol. The SMILES string of the molecule is COc1cc(CC2NC(=O)[C@H](COCc3ccccc3)NC2=O)ccc1O. The number of hydrogen-bond donors (Lipinski definition) is 3. The molecule has 2 atom stereocenters. The minimum absolute atomic E-state index is 0.0222. The molecule has 1 fully saturated rings. The largest absolute Gasteiger partial charge is 0.504 e. The third kappa shape index (κ3) is 4.77. The monoisotopic (exact) mass is 370 g/mol. The second kappa shape index (κ2) is 8.55. The first-order valence-electron chi connectivity index (χ1n) is 8.65. The molecular weight excluding hydrogens is 348 g/mol. The highest BCUT2D eigenvalue weighted by Crippen LogP contribution is 2.26. The Balaban J connectivity index is 1.53. The third-order valence-corrected chi connectivity index (χ3v) is 4.35. The molecule has 0 spiro atoms. The summed E-state index contributed by atoms with van der Waals surface area (Å²) in [6, 6.07) is 13.0. The summed E-state index contributed by atoms with van der Waals surface area (Å²) in [5.41, 5.74) is 1.77. The summed E-state index contributed by atoms with van der Waals surface area (Å²) in [6.45, 7) is 0.476. The molecule has 1 saturated heterocycles. The van der Waals surface area contributed by atoms with Crippen LogP contribution in [-0.2, 0) is 27.4 Å². The Labute approximate surface area is 157 Å². The Bertz CT molecular complexity index is 809. The van der Waals surface area contributed by atoms with Crippen molar-refractivity contribution >= 4 is 11.8 Å². The third-order valence-electron chi connectivity index (χ3n) is 4.35. The lowest BCUT2D eigenvalue weighted by atomic mass is 10.0. The number of hydrogen-bond acceptors (Lipinski definition) is 5. The minimum atomic E-state index is -0.716. The van der Waals surface area contributed by atoms with E-state index < -0.39 is 12.1 Å². The molecule has 0 aromatic heterocycles. The van der Waals surface area contributed by atoms with Crippen LogP contribution in [-0.4, -0.2) is 42.7 Å². The second-order valence-corrected chi connectivity index (χ2v) is 6.33. The molecule has 0 aliphatic carbocycles. The first-order chi connectivity index (χ1) is 13.1. The van der Waals surface area contributed by atoms with Gasteiger partial charge in [0, 0.05) is 6.42 Å². The van der Waals surface area contributed by atoms with Crippen molar-refractivity contribution in [2.24, 2.45) is 0 Å². The van der Waals surface area contributed by atoms with Gasteiger partial charge in [0.2, 0.25) is 11.8 Å². The van der Waals surface area contributed by atoms with E-state index in [1.165, 1.54) is 13.2 Å². The molecule has 1 heterocycles. The lowest BCUT2D eigenvalue weighted by Gasteiger charge is -2.29. The average molecular weight is 370 g/mol. The second-order valence-electron chi connectivity index (χ2n) is 6.33. The van der Waals surface area contributed by atoms with Crippen molar-refractivity contribution in [3.63, 3.8) is 0 Å². The van der Waals surface area contributed by atoms with Gasteiger partial charge in [0.15, 0.2) is 11.5 Å². The highest BCUT2D eigenvalue weighted by Gasteiger charge is 2.33. The van der Waals surface area contributed by atoms with Gasteiger partial charge in [-0.05, 0) is 23.3 Å². The summed E-state index contributed by atoms with van der Waals surface area (Å²) in [5.74, 6) is -0.204. The van der Waals surface area contributed by atoms with Crippen LogP contribution >= 0.6 is 0 Å². The number of rotatable bonds is 7. The van der Waals surface area contributed by atoms with Gasteiger partial charge < -0.3 is 25.2 Å². The number of carbonyl (C=O) groups is 2. The molecule has 0 bridgehead atoms. The number of phenolic OH excluding ortho intramolecular Hbond substituents is 1. The lowest BCUT2D eigenvalue weighted by Crippen LogP contribution is -2.63. The number of piperazine rings is 1. The fourth-order valence-corrected chi connectivity index (χ4v) is 2.89. The number of nitrogens with one attached hydrogen (secondary N) is 2. The van der Waals surface area contributed by atoms with Crippen molar-refractivity contribution in [2.75, 3.05) is 13.7 Å². The Morgan fingerprint density at radius 3 is 2.41 bits per heavy atom. The smallest absolute Gasteiger partial charge is 0.245 e. The summed E-state index contributed by atoms with van der Waals surface area (Å²) in [7, 11) is 1.45. The van der Waals surface area contributed by atoms with Crippen LogP contribution in [0.4, 0.5) is 0 Å². The first kappa shape index (κ1) is 18.7. The number of aromatic hydroxyl groups is 1. The van der Waals surface area contributed by atoms with Gasteiger partial charge in [0.25, 0.3) is 0 Å². The molecule has 7 nitrogen and oxygen atoms in total. The number of methoxy groups -OCH3 is 1. The molecule has 27 heavy (non-hydrogen) atoms. The molecule has 2 aromatic carbocycles. The van der Waals surface area contributed by atoms with Crippen molar-refractivity contribution in [2.45, 2.75) is 25.1 Å². The molecule has 3 N–H and O–H groups in total. The van der Waals surface area contributed by atoms with Gasteiger partial charge in [0.1, 0.15) is 12.1 Å². The zero-order chi connectivity index (χ0) is 19.2. The number of carbonyl (C=O) groups excluding carboxylic acids is 2. The molecular formula is C20H22N2O5. The van der Waals surface area contributed by atoms with Crippen LogP contribution in [0.5, 0.6) is 11.5 Å². The topological polar surface area (TPSA) is 96.9 Å². The van der Waals surface area contributed by atoms with E-state index in [-0.39, 0.29) is 24.2 Å². The van der Waals surface area contributed by atoms with Crippen LogP contribution in [0.25, 0.3) is 0 Å². The normalized spacial score (nSPS) is 19.3. The van der Waals surface area contributed by atoms with Crippen LogP contribution in [0.2, 0.25) is 0 Å². The molecule has 1 unspecified atom stereocenters. The number of ether oxygens (including phenoxy) is 2. The highest BCUT2D eigenvalue weighted by atomic mass is 16.5. The zero-order valence-corrected chi connectivity index (χ0v) is 15.0. The van der Waals surface area contributed by atoms with E-state index in [1.54, 1.807) is 12.1 Å². The van der Waals surface area contributed by atoms with Gasteiger partial charge in [-0.15, -0.1) is 0 Å². The molecule has 2 amide bonds. The molecule has 0 radical (unpaired) electrons. The van der Waals surface area contributed by atoms with Gasteiger partial charge in [0.05, 0.1) is 20.3 Å². The van der Waals surface area contributed by atoms with Gasteiger partial charge in [-0.25, -0.2) is 0 Å². The van der Waals surface area contributed by atoms with E-state index >= 15 is 0 Å². The first-order valence-corrected chi connectivity index (χ1v) is 8.65. The van der Waals surface area contributed by atoms with Crippen LogP contribution in [0.1, 0.15) is 11.1 Å². The lowest BCUT2D eigenvalue weighted by molar-refractivity contribution is -0.138. The average Bonchev–Trinajstić information content (AvgIpc) is 2.67. The Morgan fingerprint density at radius 2 is 1.67 bits per heavy atom. The van der Waals surface area contributed by atoms with Crippen LogP contribution in [0.15, 0.2) is 48.5 Å². The maximum absolute atomic E-state index is 12.3. The quantitative estimate of drug-likeness (QED) is 0.679. The minimum Gasteiger partial charge on any atom is -0.504 e.